The Morgan fingerprint density at radius 1 is 1.00 bits per heavy atom. The number of para-hydroxylation sites is 1. The molecule has 1 aromatic heterocycles. The SMILES string of the molecule is CCCCCCn1c(-c2ccc(Cl)cc2Cl)csc1=Nc1ccccc1. The lowest BCUT2D eigenvalue weighted by atomic mass is 10.1. The van der Waals surface area contributed by atoms with E-state index in [1.807, 2.05) is 42.5 Å². The van der Waals surface area contributed by atoms with Crippen LogP contribution >= 0.6 is 34.5 Å². The number of nitrogens with zero attached hydrogens (tertiary/aromatic N) is 2. The Balaban J connectivity index is 2.02. The zero-order valence-electron chi connectivity index (χ0n) is 14.8. The minimum Gasteiger partial charge on any atom is -0.316 e. The van der Waals surface area contributed by atoms with E-state index in [2.05, 4.69) is 16.9 Å². The maximum atomic E-state index is 6.47. The molecule has 0 saturated carbocycles. The maximum Gasteiger partial charge on any atom is 0.190 e. The van der Waals surface area contributed by atoms with E-state index >= 15 is 0 Å². The van der Waals surface area contributed by atoms with Gasteiger partial charge in [0.05, 0.1) is 16.4 Å². The number of thiazole rings is 1. The standard InChI is InChI=1S/C21H22Cl2N2S/c1-2-3-4-8-13-25-20(18-12-11-16(22)14-19(18)23)15-26-21(25)24-17-9-6-5-7-10-17/h5-7,9-12,14-15H,2-4,8,13H2,1H3. The summed E-state index contributed by atoms with van der Waals surface area (Å²) in [6.45, 7) is 3.16. The molecule has 0 aliphatic rings. The van der Waals surface area contributed by atoms with Crippen LogP contribution in [0.2, 0.25) is 10.0 Å². The number of halogens is 2. The monoisotopic (exact) mass is 404 g/mol. The van der Waals surface area contributed by atoms with Gasteiger partial charge in [-0.2, -0.15) is 0 Å². The third-order valence-electron chi connectivity index (χ3n) is 4.22. The summed E-state index contributed by atoms with van der Waals surface area (Å²) >= 11 is 14.2. The second kappa shape index (κ2) is 9.40. The molecule has 0 spiro atoms. The van der Waals surface area contributed by atoms with Crippen LogP contribution in [0.25, 0.3) is 11.3 Å². The fourth-order valence-corrected chi connectivity index (χ4v) is 4.31. The lowest BCUT2D eigenvalue weighted by Crippen LogP contribution is -2.16. The molecule has 0 amide bonds. The van der Waals surface area contributed by atoms with E-state index in [-0.39, 0.29) is 0 Å². The molecule has 0 N–H and O–H groups in total. The molecule has 0 saturated heterocycles. The Hall–Kier alpha value is -1.55. The van der Waals surface area contributed by atoms with Crippen molar-refractivity contribution < 1.29 is 0 Å². The van der Waals surface area contributed by atoms with Gasteiger partial charge in [0.1, 0.15) is 0 Å². The molecule has 3 rings (SSSR count). The molecule has 3 aromatic rings. The van der Waals surface area contributed by atoms with E-state index in [0.29, 0.717) is 10.0 Å². The molecule has 0 aliphatic carbocycles. The van der Waals surface area contributed by atoms with Crippen LogP contribution in [0.15, 0.2) is 58.9 Å². The summed E-state index contributed by atoms with van der Waals surface area (Å²) in [6, 6.07) is 15.7. The number of aromatic nitrogens is 1. The molecule has 0 fully saturated rings. The summed E-state index contributed by atoms with van der Waals surface area (Å²) in [5.74, 6) is 0. The quantitative estimate of drug-likeness (QED) is 0.366. The third-order valence-corrected chi connectivity index (χ3v) is 5.63. The van der Waals surface area contributed by atoms with Crippen molar-refractivity contribution in [3.8, 4) is 11.3 Å². The molecule has 1 heterocycles. The van der Waals surface area contributed by atoms with Gasteiger partial charge < -0.3 is 4.57 Å². The lowest BCUT2D eigenvalue weighted by molar-refractivity contribution is 0.577. The first-order valence-corrected chi connectivity index (χ1v) is 10.6. The average molecular weight is 405 g/mol. The first-order chi connectivity index (χ1) is 12.7. The lowest BCUT2D eigenvalue weighted by Gasteiger charge is -2.11. The predicted octanol–water partition coefficient (Wildman–Crippen LogP) is 7.34. The highest BCUT2D eigenvalue weighted by molar-refractivity contribution is 7.07. The van der Waals surface area contributed by atoms with Gasteiger partial charge in [-0.05, 0) is 36.8 Å². The molecule has 2 aromatic carbocycles. The highest BCUT2D eigenvalue weighted by Gasteiger charge is 2.12. The fourth-order valence-electron chi connectivity index (χ4n) is 2.86. The van der Waals surface area contributed by atoms with E-state index in [4.69, 9.17) is 28.2 Å². The van der Waals surface area contributed by atoms with Gasteiger partial charge in [-0.25, -0.2) is 4.99 Å². The summed E-state index contributed by atoms with van der Waals surface area (Å²) in [4.78, 5) is 5.84. The number of unbranched alkanes of at least 4 members (excludes halogenated alkanes) is 3. The van der Waals surface area contributed by atoms with Crippen LogP contribution in [-0.4, -0.2) is 4.57 Å². The summed E-state index contributed by atoms with van der Waals surface area (Å²) in [6.07, 6.45) is 4.83. The van der Waals surface area contributed by atoms with Crippen LogP contribution in [-0.2, 0) is 6.54 Å². The normalized spacial score (nSPS) is 11.9. The molecule has 0 unspecified atom stereocenters. The first-order valence-electron chi connectivity index (χ1n) is 8.92. The number of hydrogen-bond acceptors (Lipinski definition) is 2. The molecule has 0 bridgehead atoms. The van der Waals surface area contributed by atoms with Crippen LogP contribution in [0.1, 0.15) is 32.6 Å². The van der Waals surface area contributed by atoms with Gasteiger partial charge in [0.2, 0.25) is 0 Å². The second-order valence-corrected chi connectivity index (χ2v) is 7.87. The van der Waals surface area contributed by atoms with Crippen molar-refractivity contribution in [1.82, 2.24) is 4.57 Å². The van der Waals surface area contributed by atoms with Gasteiger partial charge in [0.15, 0.2) is 4.80 Å². The number of rotatable bonds is 7. The van der Waals surface area contributed by atoms with Gasteiger partial charge in [0.25, 0.3) is 0 Å². The molecule has 26 heavy (non-hydrogen) atoms. The molecular formula is C21H22Cl2N2S. The van der Waals surface area contributed by atoms with Crippen molar-refractivity contribution in [2.75, 3.05) is 0 Å². The van der Waals surface area contributed by atoms with Gasteiger partial charge >= 0.3 is 0 Å². The highest BCUT2D eigenvalue weighted by atomic mass is 35.5. The number of hydrogen-bond donors (Lipinski definition) is 0. The van der Waals surface area contributed by atoms with Crippen LogP contribution in [0.3, 0.4) is 0 Å². The maximum absolute atomic E-state index is 6.47. The van der Waals surface area contributed by atoms with Crippen LogP contribution in [0, 0.1) is 0 Å². The van der Waals surface area contributed by atoms with Gasteiger partial charge in [0, 0.05) is 22.5 Å². The molecule has 0 radical (unpaired) electrons. The second-order valence-electron chi connectivity index (χ2n) is 6.19. The zero-order valence-corrected chi connectivity index (χ0v) is 17.1. The van der Waals surface area contributed by atoms with Crippen molar-refractivity contribution in [1.29, 1.82) is 0 Å². The molecule has 0 atom stereocenters. The molecular weight excluding hydrogens is 383 g/mol. The van der Waals surface area contributed by atoms with E-state index in [1.165, 1.54) is 19.3 Å². The van der Waals surface area contributed by atoms with Gasteiger partial charge in [-0.15, -0.1) is 11.3 Å². The summed E-state index contributed by atoms with van der Waals surface area (Å²) in [5.41, 5.74) is 3.06. The summed E-state index contributed by atoms with van der Waals surface area (Å²) < 4.78 is 2.28. The largest absolute Gasteiger partial charge is 0.316 e. The Morgan fingerprint density at radius 2 is 1.81 bits per heavy atom. The molecule has 5 heteroatoms. The van der Waals surface area contributed by atoms with Crippen LogP contribution in [0.4, 0.5) is 5.69 Å². The van der Waals surface area contributed by atoms with E-state index in [1.54, 1.807) is 17.4 Å². The Labute approximate surface area is 168 Å². The van der Waals surface area contributed by atoms with Crippen molar-refractivity contribution in [2.24, 2.45) is 4.99 Å². The van der Waals surface area contributed by atoms with Crippen LogP contribution in [0.5, 0.6) is 0 Å². The first kappa shape index (κ1) is 19.2. The Morgan fingerprint density at radius 3 is 2.54 bits per heavy atom. The van der Waals surface area contributed by atoms with Gasteiger partial charge in [-0.1, -0.05) is 67.6 Å². The van der Waals surface area contributed by atoms with E-state index < -0.39 is 0 Å². The van der Waals surface area contributed by atoms with Crippen molar-refractivity contribution >= 4 is 40.2 Å². The van der Waals surface area contributed by atoms with Gasteiger partial charge in [-0.3, -0.25) is 0 Å². The number of benzene rings is 2. The zero-order chi connectivity index (χ0) is 18.4. The fraction of sp³-hybridized carbons (Fsp3) is 0.286. The summed E-state index contributed by atoms with van der Waals surface area (Å²) in [7, 11) is 0. The Bertz CT molecular complexity index is 913. The summed E-state index contributed by atoms with van der Waals surface area (Å²) in [5, 5.41) is 3.46. The van der Waals surface area contributed by atoms with Crippen LogP contribution < -0.4 is 4.80 Å². The molecule has 2 nitrogen and oxygen atoms in total. The van der Waals surface area contributed by atoms with Crippen molar-refractivity contribution in [2.45, 2.75) is 39.2 Å². The average Bonchev–Trinajstić information content (AvgIpc) is 3.02. The smallest absolute Gasteiger partial charge is 0.190 e. The van der Waals surface area contributed by atoms with E-state index in [9.17, 15) is 0 Å². The molecule has 136 valence electrons. The third kappa shape index (κ3) is 4.79. The minimum atomic E-state index is 0.651. The Kier molecular flexibility index (Phi) is 6.95. The van der Waals surface area contributed by atoms with Crippen molar-refractivity contribution in [3.63, 3.8) is 0 Å². The predicted molar refractivity (Wildman–Crippen MR) is 114 cm³/mol. The highest BCUT2D eigenvalue weighted by Crippen LogP contribution is 2.31. The molecule has 0 aliphatic heterocycles. The van der Waals surface area contributed by atoms with E-state index in [0.717, 1.165) is 34.7 Å². The van der Waals surface area contributed by atoms with Crippen molar-refractivity contribution in [3.05, 3.63) is 68.8 Å². The minimum absolute atomic E-state index is 0.651. The topological polar surface area (TPSA) is 17.3 Å².